The Morgan fingerprint density at radius 2 is 2.07 bits per heavy atom. The van der Waals surface area contributed by atoms with Crippen molar-refractivity contribution in [3.05, 3.63) is 24.3 Å². The second-order valence-electron chi connectivity index (χ2n) is 3.70. The predicted octanol–water partition coefficient (Wildman–Crippen LogP) is 2.54. The first-order valence-corrected chi connectivity index (χ1v) is 4.88. The summed E-state index contributed by atoms with van der Waals surface area (Å²) in [5, 5.41) is 0. The standard InChI is InChI=1S/C11H13F2NO/c1-15-10-5-3-2-4-9(10)14-7-6-11(12,13)8-14/h2-5H,6-8H2,1H3. The lowest BCUT2D eigenvalue weighted by molar-refractivity contribution is 0.0257. The summed E-state index contributed by atoms with van der Waals surface area (Å²) in [6.45, 7) is 0.167. The Balaban J connectivity index is 2.23. The van der Waals surface area contributed by atoms with E-state index < -0.39 is 5.92 Å². The number of methoxy groups -OCH3 is 1. The first kappa shape index (κ1) is 10.2. The molecule has 0 radical (unpaired) electrons. The lowest BCUT2D eigenvalue weighted by Crippen LogP contribution is -2.25. The van der Waals surface area contributed by atoms with Crippen molar-refractivity contribution in [3.8, 4) is 5.75 Å². The van der Waals surface area contributed by atoms with Crippen LogP contribution in [-0.4, -0.2) is 26.1 Å². The number of benzene rings is 1. The fraction of sp³-hybridized carbons (Fsp3) is 0.455. The number of hydrogen-bond donors (Lipinski definition) is 0. The highest BCUT2D eigenvalue weighted by Crippen LogP contribution is 2.35. The van der Waals surface area contributed by atoms with E-state index in [4.69, 9.17) is 4.74 Å². The van der Waals surface area contributed by atoms with Crippen LogP contribution in [0.25, 0.3) is 0 Å². The molecule has 82 valence electrons. The molecule has 15 heavy (non-hydrogen) atoms. The molecule has 0 N–H and O–H groups in total. The van der Waals surface area contributed by atoms with Crippen LogP contribution in [-0.2, 0) is 0 Å². The van der Waals surface area contributed by atoms with Crippen LogP contribution >= 0.6 is 0 Å². The number of alkyl halides is 2. The molecular formula is C11H13F2NO. The molecular weight excluding hydrogens is 200 g/mol. The van der Waals surface area contributed by atoms with Crippen molar-refractivity contribution in [2.45, 2.75) is 12.3 Å². The number of halogens is 2. The molecule has 0 atom stereocenters. The van der Waals surface area contributed by atoms with Gasteiger partial charge in [-0.2, -0.15) is 0 Å². The molecule has 1 fully saturated rings. The molecule has 0 unspecified atom stereocenters. The molecule has 1 saturated heterocycles. The van der Waals surface area contributed by atoms with Gasteiger partial charge in [-0.15, -0.1) is 0 Å². The molecule has 1 aliphatic heterocycles. The SMILES string of the molecule is COc1ccccc1N1CCC(F)(F)C1. The molecule has 1 heterocycles. The Bertz CT molecular complexity index is 354. The van der Waals surface area contributed by atoms with E-state index in [0.717, 1.165) is 5.69 Å². The number of hydrogen-bond acceptors (Lipinski definition) is 2. The maximum absolute atomic E-state index is 13.0. The van der Waals surface area contributed by atoms with Gasteiger partial charge in [-0.25, -0.2) is 8.78 Å². The van der Waals surface area contributed by atoms with Gasteiger partial charge in [0.2, 0.25) is 0 Å². The summed E-state index contributed by atoms with van der Waals surface area (Å²) in [6, 6.07) is 7.25. The summed E-state index contributed by atoms with van der Waals surface area (Å²) in [5.74, 6) is -1.92. The van der Waals surface area contributed by atoms with Crippen LogP contribution in [0.4, 0.5) is 14.5 Å². The molecule has 0 aromatic heterocycles. The topological polar surface area (TPSA) is 12.5 Å². The normalized spacial score (nSPS) is 19.3. The molecule has 0 spiro atoms. The predicted molar refractivity (Wildman–Crippen MR) is 54.8 cm³/mol. The lowest BCUT2D eigenvalue weighted by Gasteiger charge is -2.20. The third-order valence-corrected chi connectivity index (χ3v) is 2.60. The monoisotopic (exact) mass is 213 g/mol. The summed E-state index contributed by atoms with van der Waals surface area (Å²) in [5.41, 5.74) is 0.747. The van der Waals surface area contributed by atoms with Gasteiger partial charge in [0.25, 0.3) is 5.92 Å². The van der Waals surface area contributed by atoms with E-state index in [1.807, 2.05) is 12.1 Å². The van der Waals surface area contributed by atoms with Gasteiger partial charge in [-0.05, 0) is 12.1 Å². The van der Waals surface area contributed by atoms with Crippen LogP contribution in [0, 0.1) is 0 Å². The van der Waals surface area contributed by atoms with Crippen LogP contribution < -0.4 is 9.64 Å². The van der Waals surface area contributed by atoms with Gasteiger partial charge < -0.3 is 9.64 Å². The summed E-state index contributed by atoms with van der Waals surface area (Å²) in [6.07, 6.45) is -0.0783. The molecule has 1 aromatic rings. The average Bonchev–Trinajstić information content (AvgIpc) is 2.59. The Kier molecular flexibility index (Phi) is 2.50. The minimum Gasteiger partial charge on any atom is -0.495 e. The van der Waals surface area contributed by atoms with E-state index in [9.17, 15) is 8.78 Å². The second-order valence-corrected chi connectivity index (χ2v) is 3.70. The lowest BCUT2D eigenvalue weighted by atomic mass is 10.2. The van der Waals surface area contributed by atoms with E-state index >= 15 is 0 Å². The molecule has 0 bridgehead atoms. The van der Waals surface area contributed by atoms with Gasteiger partial charge in [0.1, 0.15) is 5.75 Å². The molecule has 4 heteroatoms. The Labute approximate surface area is 87.5 Å². The highest BCUT2D eigenvalue weighted by atomic mass is 19.3. The largest absolute Gasteiger partial charge is 0.495 e. The van der Waals surface area contributed by atoms with Crippen molar-refractivity contribution >= 4 is 5.69 Å². The van der Waals surface area contributed by atoms with Crippen LogP contribution in [0.1, 0.15) is 6.42 Å². The zero-order valence-electron chi connectivity index (χ0n) is 8.54. The molecule has 0 amide bonds. The van der Waals surface area contributed by atoms with E-state index in [1.54, 1.807) is 24.1 Å². The molecule has 0 saturated carbocycles. The van der Waals surface area contributed by atoms with Crippen LogP contribution in [0.3, 0.4) is 0 Å². The number of para-hydroxylation sites is 2. The Morgan fingerprint density at radius 3 is 2.67 bits per heavy atom. The number of anilines is 1. The fourth-order valence-electron chi connectivity index (χ4n) is 1.83. The van der Waals surface area contributed by atoms with E-state index in [1.165, 1.54) is 0 Å². The van der Waals surface area contributed by atoms with E-state index in [0.29, 0.717) is 12.3 Å². The Hall–Kier alpha value is -1.32. The van der Waals surface area contributed by atoms with Crippen molar-refractivity contribution in [1.29, 1.82) is 0 Å². The van der Waals surface area contributed by atoms with E-state index in [2.05, 4.69) is 0 Å². The number of ether oxygens (including phenoxy) is 1. The number of rotatable bonds is 2. The van der Waals surface area contributed by atoms with Crippen LogP contribution in [0.15, 0.2) is 24.3 Å². The van der Waals surface area contributed by atoms with Crippen molar-refractivity contribution < 1.29 is 13.5 Å². The van der Waals surface area contributed by atoms with Gasteiger partial charge in [0, 0.05) is 13.0 Å². The van der Waals surface area contributed by atoms with Gasteiger partial charge in [0.05, 0.1) is 19.3 Å². The Morgan fingerprint density at radius 1 is 1.33 bits per heavy atom. The van der Waals surface area contributed by atoms with Gasteiger partial charge in [-0.3, -0.25) is 0 Å². The van der Waals surface area contributed by atoms with Gasteiger partial charge in [-0.1, -0.05) is 12.1 Å². The van der Waals surface area contributed by atoms with Crippen molar-refractivity contribution in [2.75, 3.05) is 25.1 Å². The minimum absolute atomic E-state index is 0.0783. The summed E-state index contributed by atoms with van der Waals surface area (Å²) < 4.78 is 31.2. The van der Waals surface area contributed by atoms with Gasteiger partial charge >= 0.3 is 0 Å². The average molecular weight is 213 g/mol. The highest BCUT2D eigenvalue weighted by Gasteiger charge is 2.38. The zero-order chi connectivity index (χ0) is 10.9. The fourth-order valence-corrected chi connectivity index (χ4v) is 1.83. The molecule has 1 aliphatic rings. The highest BCUT2D eigenvalue weighted by molar-refractivity contribution is 5.59. The molecule has 2 rings (SSSR count). The zero-order valence-corrected chi connectivity index (χ0v) is 8.54. The van der Waals surface area contributed by atoms with Crippen LogP contribution in [0.2, 0.25) is 0 Å². The summed E-state index contributed by atoms with van der Waals surface area (Å²) in [7, 11) is 1.55. The summed E-state index contributed by atoms with van der Waals surface area (Å²) >= 11 is 0. The van der Waals surface area contributed by atoms with Crippen molar-refractivity contribution in [2.24, 2.45) is 0 Å². The molecule has 1 aromatic carbocycles. The number of nitrogens with zero attached hydrogens (tertiary/aromatic N) is 1. The second kappa shape index (κ2) is 3.68. The first-order valence-electron chi connectivity index (χ1n) is 4.88. The first-order chi connectivity index (χ1) is 7.12. The third-order valence-electron chi connectivity index (χ3n) is 2.60. The summed E-state index contributed by atoms with van der Waals surface area (Å²) in [4.78, 5) is 1.67. The maximum Gasteiger partial charge on any atom is 0.266 e. The maximum atomic E-state index is 13.0. The van der Waals surface area contributed by atoms with Crippen LogP contribution in [0.5, 0.6) is 5.75 Å². The van der Waals surface area contributed by atoms with Crippen molar-refractivity contribution in [3.63, 3.8) is 0 Å². The molecule has 0 aliphatic carbocycles. The third kappa shape index (κ3) is 2.03. The van der Waals surface area contributed by atoms with E-state index in [-0.39, 0.29) is 13.0 Å². The van der Waals surface area contributed by atoms with Crippen molar-refractivity contribution in [1.82, 2.24) is 0 Å². The minimum atomic E-state index is -2.57. The van der Waals surface area contributed by atoms with Gasteiger partial charge in [0.15, 0.2) is 0 Å². The quantitative estimate of drug-likeness (QED) is 0.748. The molecule has 2 nitrogen and oxygen atoms in total. The smallest absolute Gasteiger partial charge is 0.266 e.